The van der Waals surface area contributed by atoms with Crippen molar-refractivity contribution < 1.29 is 4.42 Å². The van der Waals surface area contributed by atoms with Crippen LogP contribution in [-0.2, 0) is 5.75 Å². The summed E-state index contributed by atoms with van der Waals surface area (Å²) in [6.45, 7) is 8.30. The third-order valence-corrected chi connectivity index (χ3v) is 5.63. The molecular formula is C22H23N5OS. The minimum atomic E-state index is 0.213. The fraction of sp³-hybridized carbons (Fsp3) is 0.273. The molecule has 0 N–H and O–H groups in total. The number of rotatable bonds is 6. The Hall–Kier alpha value is -2.93. The van der Waals surface area contributed by atoms with Gasteiger partial charge in [-0.2, -0.15) is 0 Å². The second-order valence-corrected chi connectivity index (χ2v) is 8.20. The van der Waals surface area contributed by atoms with Gasteiger partial charge >= 0.3 is 0 Å². The first-order valence-corrected chi connectivity index (χ1v) is 10.5. The van der Waals surface area contributed by atoms with Crippen molar-refractivity contribution in [3.05, 3.63) is 71.4 Å². The van der Waals surface area contributed by atoms with Gasteiger partial charge in [-0.1, -0.05) is 62.0 Å². The van der Waals surface area contributed by atoms with Gasteiger partial charge in [-0.25, -0.2) is 0 Å². The van der Waals surface area contributed by atoms with Gasteiger partial charge in [0.2, 0.25) is 11.8 Å². The van der Waals surface area contributed by atoms with Gasteiger partial charge in [-0.3, -0.25) is 4.57 Å². The van der Waals surface area contributed by atoms with Crippen LogP contribution in [0.1, 0.15) is 42.7 Å². The summed E-state index contributed by atoms with van der Waals surface area (Å²) in [6, 6.07) is 16.5. The molecule has 0 aliphatic carbocycles. The van der Waals surface area contributed by atoms with Crippen molar-refractivity contribution in [2.45, 2.75) is 44.5 Å². The molecule has 0 amide bonds. The van der Waals surface area contributed by atoms with Crippen molar-refractivity contribution in [1.29, 1.82) is 0 Å². The molecule has 4 aromatic rings. The quantitative estimate of drug-likeness (QED) is 0.403. The van der Waals surface area contributed by atoms with Crippen molar-refractivity contribution in [3.8, 4) is 17.1 Å². The maximum atomic E-state index is 5.74. The van der Waals surface area contributed by atoms with Crippen LogP contribution < -0.4 is 0 Å². The smallest absolute Gasteiger partial charge is 0.226 e. The monoisotopic (exact) mass is 405 g/mol. The number of benzene rings is 2. The average Bonchev–Trinajstić information content (AvgIpc) is 3.36. The molecule has 0 bridgehead atoms. The van der Waals surface area contributed by atoms with Gasteiger partial charge in [0.25, 0.3) is 0 Å². The van der Waals surface area contributed by atoms with E-state index in [9.17, 15) is 0 Å². The first kappa shape index (κ1) is 19.4. The molecule has 0 fully saturated rings. The van der Waals surface area contributed by atoms with Crippen LogP contribution in [0.3, 0.4) is 0 Å². The van der Waals surface area contributed by atoms with Crippen LogP contribution in [0.2, 0.25) is 0 Å². The summed E-state index contributed by atoms with van der Waals surface area (Å²) in [7, 11) is 0. The Bertz CT molecular complexity index is 1120. The van der Waals surface area contributed by atoms with Gasteiger partial charge in [-0.15, -0.1) is 20.4 Å². The molecule has 4 rings (SSSR count). The first-order chi connectivity index (χ1) is 14.0. The summed E-state index contributed by atoms with van der Waals surface area (Å²) in [5.41, 5.74) is 4.53. The molecule has 0 saturated heterocycles. The van der Waals surface area contributed by atoms with Crippen LogP contribution in [0.25, 0.3) is 17.1 Å². The molecule has 2 heterocycles. The van der Waals surface area contributed by atoms with E-state index in [2.05, 4.69) is 57.0 Å². The molecule has 6 nitrogen and oxygen atoms in total. The van der Waals surface area contributed by atoms with E-state index in [1.165, 1.54) is 22.9 Å². The third-order valence-electron chi connectivity index (χ3n) is 4.72. The summed E-state index contributed by atoms with van der Waals surface area (Å²) >= 11 is 1.54. The molecule has 0 aliphatic heterocycles. The van der Waals surface area contributed by atoms with E-state index in [-0.39, 0.29) is 5.92 Å². The Morgan fingerprint density at radius 3 is 2.41 bits per heavy atom. The van der Waals surface area contributed by atoms with Gasteiger partial charge in [0, 0.05) is 11.5 Å². The molecule has 0 aliphatic rings. The van der Waals surface area contributed by atoms with Gasteiger partial charge in [-0.05, 0) is 37.1 Å². The molecule has 0 atom stereocenters. The zero-order valence-corrected chi connectivity index (χ0v) is 17.8. The van der Waals surface area contributed by atoms with Gasteiger partial charge in [0.1, 0.15) is 0 Å². The summed E-state index contributed by atoms with van der Waals surface area (Å²) in [6.07, 6.45) is 0. The molecule has 2 aromatic carbocycles. The molecule has 0 spiro atoms. The molecular weight excluding hydrogens is 382 g/mol. The van der Waals surface area contributed by atoms with Crippen LogP contribution in [-0.4, -0.2) is 25.0 Å². The zero-order chi connectivity index (χ0) is 20.4. The Morgan fingerprint density at radius 2 is 1.72 bits per heavy atom. The highest BCUT2D eigenvalue weighted by molar-refractivity contribution is 7.98. The molecule has 0 saturated carbocycles. The number of hydrogen-bond acceptors (Lipinski definition) is 6. The van der Waals surface area contributed by atoms with E-state index < -0.39 is 0 Å². The normalized spacial score (nSPS) is 11.3. The van der Waals surface area contributed by atoms with Crippen LogP contribution in [0.4, 0.5) is 0 Å². The van der Waals surface area contributed by atoms with E-state index >= 15 is 0 Å². The summed E-state index contributed by atoms with van der Waals surface area (Å²) in [5, 5.41) is 18.0. The second-order valence-electron chi connectivity index (χ2n) is 7.25. The lowest BCUT2D eigenvalue weighted by Crippen LogP contribution is -2.01. The van der Waals surface area contributed by atoms with Crippen LogP contribution in [0.5, 0.6) is 0 Å². The summed E-state index contributed by atoms with van der Waals surface area (Å²) < 4.78 is 7.83. The lowest BCUT2D eigenvalue weighted by molar-refractivity contribution is 0.445. The topological polar surface area (TPSA) is 69.6 Å². The lowest BCUT2D eigenvalue weighted by atomic mass is 10.1. The Labute approximate surface area is 174 Å². The number of aromatic nitrogens is 5. The number of aryl methyl sites for hydroxylation is 2. The molecule has 0 unspecified atom stereocenters. The highest BCUT2D eigenvalue weighted by atomic mass is 32.2. The van der Waals surface area contributed by atoms with Crippen molar-refractivity contribution >= 4 is 11.8 Å². The fourth-order valence-electron chi connectivity index (χ4n) is 2.92. The predicted octanol–water partition coefficient (Wildman–Crippen LogP) is 5.35. The molecule has 2 aromatic heterocycles. The summed E-state index contributed by atoms with van der Waals surface area (Å²) in [5.74, 6) is 2.81. The molecule has 0 radical (unpaired) electrons. The Balaban J connectivity index is 1.71. The highest BCUT2D eigenvalue weighted by Gasteiger charge is 2.18. The maximum Gasteiger partial charge on any atom is 0.226 e. The predicted molar refractivity (Wildman–Crippen MR) is 114 cm³/mol. The van der Waals surface area contributed by atoms with Crippen LogP contribution in [0.15, 0.2) is 58.1 Å². The second kappa shape index (κ2) is 8.21. The van der Waals surface area contributed by atoms with Crippen LogP contribution >= 0.6 is 11.8 Å². The standard InChI is InChI=1S/C22H23N5OS/c1-14(2)21-25-23-19(28-21)13-29-22-26-24-20(17-8-6-5-7-9-17)27(22)18-11-10-15(3)16(4)12-18/h5-12,14H,13H2,1-4H3. The maximum absolute atomic E-state index is 5.74. The van der Waals surface area contributed by atoms with E-state index in [4.69, 9.17) is 4.42 Å². The van der Waals surface area contributed by atoms with E-state index in [0.717, 1.165) is 22.2 Å². The molecule has 29 heavy (non-hydrogen) atoms. The first-order valence-electron chi connectivity index (χ1n) is 9.56. The Morgan fingerprint density at radius 1 is 0.931 bits per heavy atom. The SMILES string of the molecule is Cc1ccc(-n2c(SCc3nnc(C(C)C)o3)nnc2-c2ccccc2)cc1C. The van der Waals surface area contributed by atoms with Crippen molar-refractivity contribution in [1.82, 2.24) is 25.0 Å². The third kappa shape index (κ3) is 4.10. The molecule has 148 valence electrons. The van der Waals surface area contributed by atoms with E-state index in [0.29, 0.717) is 17.5 Å². The van der Waals surface area contributed by atoms with Crippen LogP contribution in [0, 0.1) is 13.8 Å². The van der Waals surface area contributed by atoms with Crippen molar-refractivity contribution in [3.63, 3.8) is 0 Å². The average molecular weight is 406 g/mol. The van der Waals surface area contributed by atoms with E-state index in [1.54, 1.807) is 0 Å². The number of nitrogens with zero attached hydrogens (tertiary/aromatic N) is 5. The summed E-state index contributed by atoms with van der Waals surface area (Å²) in [4.78, 5) is 0. The van der Waals surface area contributed by atoms with E-state index in [1.807, 2.05) is 44.2 Å². The minimum absolute atomic E-state index is 0.213. The van der Waals surface area contributed by atoms with Crippen molar-refractivity contribution in [2.75, 3.05) is 0 Å². The largest absolute Gasteiger partial charge is 0.424 e. The minimum Gasteiger partial charge on any atom is -0.424 e. The Kier molecular flexibility index (Phi) is 5.49. The fourth-order valence-corrected chi connectivity index (χ4v) is 3.71. The highest BCUT2D eigenvalue weighted by Crippen LogP contribution is 2.30. The number of hydrogen-bond donors (Lipinski definition) is 0. The van der Waals surface area contributed by atoms with Gasteiger partial charge in [0.05, 0.1) is 11.4 Å². The van der Waals surface area contributed by atoms with Gasteiger partial charge < -0.3 is 4.42 Å². The zero-order valence-electron chi connectivity index (χ0n) is 17.0. The molecule has 7 heteroatoms. The lowest BCUT2D eigenvalue weighted by Gasteiger charge is -2.12. The number of thioether (sulfide) groups is 1. The van der Waals surface area contributed by atoms with Crippen molar-refractivity contribution in [2.24, 2.45) is 0 Å². The van der Waals surface area contributed by atoms with Gasteiger partial charge in [0.15, 0.2) is 11.0 Å².